The fourth-order valence-corrected chi connectivity index (χ4v) is 4.38. The van der Waals surface area contributed by atoms with E-state index in [1.54, 1.807) is 13.2 Å². The molecule has 0 heterocycles. The Morgan fingerprint density at radius 2 is 2.14 bits per heavy atom. The maximum Gasteiger partial charge on any atom is 0.289 e. The van der Waals surface area contributed by atoms with Gasteiger partial charge in [0, 0.05) is 21.8 Å². The van der Waals surface area contributed by atoms with Crippen molar-refractivity contribution < 1.29 is 18.4 Å². The molecular formula is C11H15BrN2O5S2. The number of halogens is 1. The summed E-state index contributed by atoms with van der Waals surface area (Å²) in [7, 11) is -4.07. The number of aliphatic hydroxyl groups excluding tert-OH is 1. The molecule has 0 aromatic heterocycles. The third-order valence-corrected chi connectivity index (χ3v) is 6.03. The number of sulfonamides is 1. The average Bonchev–Trinajstić information content (AvgIpc) is 2.39. The normalized spacial score (nSPS) is 14.7. The van der Waals surface area contributed by atoms with Crippen molar-refractivity contribution in [3.63, 3.8) is 0 Å². The first-order chi connectivity index (χ1) is 9.72. The summed E-state index contributed by atoms with van der Waals surface area (Å²) in [5.41, 5.74) is -0.498. The molecule has 0 amide bonds. The number of nitro benzene ring substituents is 1. The molecule has 0 bridgehead atoms. The largest absolute Gasteiger partial charge is 0.395 e. The van der Waals surface area contributed by atoms with Crippen molar-refractivity contribution in [2.45, 2.75) is 23.1 Å². The number of hydrogen-bond donors (Lipinski definition) is 2. The summed E-state index contributed by atoms with van der Waals surface area (Å²) in [6, 6.07) is 3.13. The van der Waals surface area contributed by atoms with Gasteiger partial charge < -0.3 is 5.11 Å². The van der Waals surface area contributed by atoms with Crippen LogP contribution in [0, 0.1) is 10.1 Å². The highest BCUT2D eigenvalue weighted by Gasteiger charge is 2.29. The first-order valence-electron chi connectivity index (χ1n) is 5.83. The summed E-state index contributed by atoms with van der Waals surface area (Å²) in [6.45, 7) is 1.39. The van der Waals surface area contributed by atoms with Crippen LogP contribution in [0.5, 0.6) is 0 Å². The van der Waals surface area contributed by atoms with Gasteiger partial charge in [-0.05, 0) is 25.3 Å². The van der Waals surface area contributed by atoms with E-state index in [1.807, 2.05) is 0 Å². The Hall–Kier alpha value is -0.680. The maximum absolute atomic E-state index is 12.3. The Labute approximate surface area is 135 Å². The van der Waals surface area contributed by atoms with E-state index >= 15 is 0 Å². The number of thioether (sulfide) groups is 1. The smallest absolute Gasteiger partial charge is 0.289 e. The number of aliphatic hydroxyl groups is 1. The second-order valence-corrected chi connectivity index (χ2v) is 7.91. The summed E-state index contributed by atoms with van der Waals surface area (Å²) in [5.74, 6) is 0. The number of nitrogens with zero attached hydrogens (tertiary/aromatic N) is 1. The minimum atomic E-state index is -4.07. The standard InChI is InChI=1S/C11H15BrN2O5S2/c1-7(10(6-15)20-2)13-21(18,19)11-5-8(12)3-4-9(11)14(16)17/h3-5,7,10,13,15H,6H2,1-2H3. The molecule has 2 atom stereocenters. The maximum atomic E-state index is 12.3. The molecule has 10 heteroatoms. The topological polar surface area (TPSA) is 110 Å². The zero-order valence-electron chi connectivity index (χ0n) is 11.3. The molecule has 0 aliphatic heterocycles. The van der Waals surface area contributed by atoms with Gasteiger partial charge in [0.15, 0.2) is 4.90 Å². The Morgan fingerprint density at radius 1 is 1.52 bits per heavy atom. The number of nitro groups is 1. The molecule has 0 aliphatic rings. The van der Waals surface area contributed by atoms with E-state index in [-0.39, 0.29) is 11.9 Å². The lowest BCUT2D eigenvalue weighted by Gasteiger charge is -2.21. The first-order valence-corrected chi connectivity index (χ1v) is 9.39. The molecule has 0 radical (unpaired) electrons. The van der Waals surface area contributed by atoms with Crippen molar-refractivity contribution >= 4 is 43.4 Å². The van der Waals surface area contributed by atoms with Crippen LogP contribution >= 0.6 is 27.7 Å². The number of rotatable bonds is 7. The molecule has 0 saturated heterocycles. The van der Waals surface area contributed by atoms with E-state index < -0.39 is 31.6 Å². The van der Waals surface area contributed by atoms with Crippen LogP contribution in [0.1, 0.15) is 6.92 Å². The zero-order valence-corrected chi connectivity index (χ0v) is 14.5. The SMILES string of the molecule is CSC(CO)C(C)NS(=O)(=O)c1cc(Br)ccc1[N+](=O)[O-]. The van der Waals surface area contributed by atoms with Gasteiger partial charge in [-0.1, -0.05) is 15.9 Å². The van der Waals surface area contributed by atoms with Crippen molar-refractivity contribution in [2.75, 3.05) is 12.9 Å². The molecule has 1 rings (SSSR count). The molecule has 2 unspecified atom stereocenters. The summed E-state index contributed by atoms with van der Waals surface area (Å²) < 4.78 is 27.4. The predicted octanol–water partition coefficient (Wildman–Crippen LogP) is 1.75. The lowest BCUT2D eigenvalue weighted by Crippen LogP contribution is -2.41. The third-order valence-electron chi connectivity index (χ3n) is 2.79. The molecule has 118 valence electrons. The number of hydrogen-bond acceptors (Lipinski definition) is 6. The molecule has 0 saturated carbocycles. The number of benzene rings is 1. The summed E-state index contributed by atoms with van der Waals surface area (Å²) in [4.78, 5) is 9.81. The fraction of sp³-hybridized carbons (Fsp3) is 0.455. The van der Waals surface area contributed by atoms with Crippen LogP contribution in [0.2, 0.25) is 0 Å². The van der Waals surface area contributed by atoms with E-state index in [2.05, 4.69) is 20.7 Å². The average molecular weight is 399 g/mol. The Morgan fingerprint density at radius 3 is 2.62 bits per heavy atom. The fourth-order valence-electron chi connectivity index (χ4n) is 1.67. The van der Waals surface area contributed by atoms with Crippen molar-refractivity contribution in [3.8, 4) is 0 Å². The molecule has 1 aromatic rings. The van der Waals surface area contributed by atoms with Crippen LogP contribution in [-0.2, 0) is 10.0 Å². The second kappa shape index (κ2) is 7.54. The van der Waals surface area contributed by atoms with Gasteiger partial charge in [-0.2, -0.15) is 11.8 Å². The van der Waals surface area contributed by atoms with Gasteiger partial charge in [0.1, 0.15) is 0 Å². The molecule has 0 aliphatic carbocycles. The van der Waals surface area contributed by atoms with Gasteiger partial charge in [0.05, 0.1) is 11.5 Å². The lowest BCUT2D eigenvalue weighted by molar-refractivity contribution is -0.387. The monoisotopic (exact) mass is 398 g/mol. The molecule has 2 N–H and O–H groups in total. The second-order valence-electron chi connectivity index (χ2n) is 4.24. The van der Waals surface area contributed by atoms with Crippen molar-refractivity contribution in [1.29, 1.82) is 0 Å². The highest BCUT2D eigenvalue weighted by molar-refractivity contribution is 9.10. The van der Waals surface area contributed by atoms with E-state index in [1.165, 1.54) is 23.9 Å². The number of nitrogens with one attached hydrogen (secondary N) is 1. The van der Waals surface area contributed by atoms with Crippen LogP contribution < -0.4 is 4.72 Å². The van der Waals surface area contributed by atoms with Crippen LogP contribution in [0.3, 0.4) is 0 Å². The van der Waals surface area contributed by atoms with Gasteiger partial charge in [0.25, 0.3) is 5.69 Å². The van der Waals surface area contributed by atoms with E-state index in [0.717, 1.165) is 6.07 Å². The first kappa shape index (κ1) is 18.4. The van der Waals surface area contributed by atoms with E-state index in [4.69, 9.17) is 0 Å². The van der Waals surface area contributed by atoms with Crippen molar-refractivity contribution in [3.05, 3.63) is 32.8 Å². The Bertz CT molecular complexity index is 619. The van der Waals surface area contributed by atoms with E-state index in [9.17, 15) is 23.6 Å². The summed E-state index contributed by atoms with van der Waals surface area (Å²) >= 11 is 4.41. The lowest BCUT2D eigenvalue weighted by atomic mass is 10.3. The molecular weight excluding hydrogens is 384 g/mol. The molecule has 1 aromatic carbocycles. The van der Waals surface area contributed by atoms with E-state index in [0.29, 0.717) is 4.47 Å². The Kier molecular flexibility index (Phi) is 6.60. The molecule has 21 heavy (non-hydrogen) atoms. The minimum absolute atomic E-state index is 0.203. The molecule has 7 nitrogen and oxygen atoms in total. The van der Waals surface area contributed by atoms with Crippen LogP contribution in [-0.4, -0.2) is 42.6 Å². The predicted molar refractivity (Wildman–Crippen MR) is 85.0 cm³/mol. The van der Waals surface area contributed by atoms with Gasteiger partial charge >= 0.3 is 0 Å². The van der Waals surface area contributed by atoms with Crippen LogP contribution in [0.25, 0.3) is 0 Å². The van der Waals surface area contributed by atoms with Crippen LogP contribution in [0.15, 0.2) is 27.6 Å². The van der Waals surface area contributed by atoms with Gasteiger partial charge in [-0.25, -0.2) is 13.1 Å². The highest BCUT2D eigenvalue weighted by atomic mass is 79.9. The highest BCUT2D eigenvalue weighted by Crippen LogP contribution is 2.27. The minimum Gasteiger partial charge on any atom is -0.395 e. The van der Waals surface area contributed by atoms with Crippen molar-refractivity contribution in [1.82, 2.24) is 4.72 Å². The Balaban J connectivity index is 3.19. The quantitative estimate of drug-likeness (QED) is 0.534. The zero-order chi connectivity index (χ0) is 16.2. The van der Waals surface area contributed by atoms with Gasteiger partial charge in [0.2, 0.25) is 10.0 Å². The van der Waals surface area contributed by atoms with Crippen molar-refractivity contribution in [2.24, 2.45) is 0 Å². The third kappa shape index (κ3) is 4.65. The van der Waals surface area contributed by atoms with Gasteiger partial charge in [-0.15, -0.1) is 0 Å². The summed E-state index contributed by atoms with van der Waals surface area (Å²) in [6.07, 6.45) is 1.74. The molecule has 0 spiro atoms. The molecule has 0 fully saturated rings. The van der Waals surface area contributed by atoms with Crippen LogP contribution in [0.4, 0.5) is 5.69 Å². The summed E-state index contributed by atoms with van der Waals surface area (Å²) in [5, 5.41) is 19.8. The van der Waals surface area contributed by atoms with Gasteiger partial charge in [-0.3, -0.25) is 10.1 Å².